The van der Waals surface area contributed by atoms with Gasteiger partial charge in [-0.05, 0) is 72.3 Å². The van der Waals surface area contributed by atoms with Crippen molar-refractivity contribution in [2.45, 2.75) is 23.9 Å². The van der Waals surface area contributed by atoms with Gasteiger partial charge in [0, 0.05) is 17.1 Å². The van der Waals surface area contributed by atoms with Crippen LogP contribution >= 0.6 is 23.2 Å². The predicted octanol–water partition coefficient (Wildman–Crippen LogP) is 6.46. The Morgan fingerprint density at radius 2 is 1.67 bits per heavy atom. The van der Waals surface area contributed by atoms with Crippen LogP contribution in [0.3, 0.4) is 0 Å². The van der Waals surface area contributed by atoms with Gasteiger partial charge in [0.2, 0.25) is 21.8 Å². The molecule has 1 aromatic heterocycles. The van der Waals surface area contributed by atoms with E-state index in [4.69, 9.17) is 27.6 Å². The second-order valence-electron chi connectivity index (χ2n) is 9.57. The maximum Gasteiger partial charge on any atom is 0.252 e. The Balaban J connectivity index is 1.34. The first-order valence-corrected chi connectivity index (χ1v) is 14.9. The number of oxazole rings is 1. The molecule has 2 amide bonds. The number of nitrogens with zero attached hydrogens (tertiary/aromatic N) is 3. The third-order valence-electron chi connectivity index (χ3n) is 6.87. The number of sulfonamides is 1. The molecule has 0 saturated carbocycles. The topological polar surface area (TPSA) is 101 Å². The van der Waals surface area contributed by atoms with Crippen LogP contribution in [0.15, 0.2) is 100 Å². The number of amides is 2. The van der Waals surface area contributed by atoms with Gasteiger partial charge in [0.1, 0.15) is 22.3 Å². The van der Waals surface area contributed by atoms with Crippen LogP contribution in [-0.4, -0.2) is 35.6 Å². The summed E-state index contributed by atoms with van der Waals surface area (Å²) in [5.41, 5.74) is 2.59. The first-order chi connectivity index (χ1) is 20.1. The lowest BCUT2D eigenvalue weighted by atomic mass is 10.2. The molecule has 1 saturated heterocycles. The van der Waals surface area contributed by atoms with Gasteiger partial charge in [0.15, 0.2) is 5.58 Å². The van der Waals surface area contributed by atoms with E-state index in [0.717, 1.165) is 9.21 Å². The summed E-state index contributed by atoms with van der Waals surface area (Å²) in [6, 6.07) is 21.5. The van der Waals surface area contributed by atoms with Gasteiger partial charge in [-0.1, -0.05) is 47.5 Å². The molecule has 6 rings (SSSR count). The fourth-order valence-corrected chi connectivity index (χ4v) is 7.10. The largest absolute Gasteiger partial charge is 0.436 e. The van der Waals surface area contributed by atoms with E-state index in [9.17, 15) is 22.4 Å². The van der Waals surface area contributed by atoms with Crippen molar-refractivity contribution in [3.63, 3.8) is 0 Å². The third kappa shape index (κ3) is 5.18. The second-order valence-corrected chi connectivity index (χ2v) is 12.3. The fourth-order valence-electron chi connectivity index (χ4n) is 4.79. The maximum absolute atomic E-state index is 13.9. The number of carbonyl (C=O) groups excluding carboxylic acids is 2. The Morgan fingerprint density at radius 3 is 2.38 bits per heavy atom. The normalized spacial score (nSPS) is 15.7. The number of rotatable bonds is 7. The number of imide groups is 1. The van der Waals surface area contributed by atoms with Crippen molar-refractivity contribution in [2.75, 3.05) is 4.90 Å². The van der Waals surface area contributed by atoms with Crippen LogP contribution in [0.5, 0.6) is 0 Å². The lowest BCUT2D eigenvalue weighted by Gasteiger charge is -2.27. The molecule has 8 nitrogen and oxygen atoms in total. The highest BCUT2D eigenvalue weighted by atomic mass is 35.5. The summed E-state index contributed by atoms with van der Waals surface area (Å²) in [7, 11) is -4.46. The van der Waals surface area contributed by atoms with Crippen LogP contribution in [0.25, 0.3) is 22.6 Å². The van der Waals surface area contributed by atoms with Crippen LogP contribution in [-0.2, 0) is 26.2 Å². The van der Waals surface area contributed by atoms with Gasteiger partial charge >= 0.3 is 0 Å². The lowest BCUT2D eigenvalue weighted by molar-refractivity contribution is -0.122. The Kier molecular flexibility index (Phi) is 7.32. The molecule has 1 aliphatic heterocycles. The zero-order valence-electron chi connectivity index (χ0n) is 21.6. The number of para-hydroxylation sites is 2. The van der Waals surface area contributed by atoms with E-state index in [-0.39, 0.29) is 27.2 Å². The lowest BCUT2D eigenvalue weighted by Crippen LogP contribution is -2.45. The van der Waals surface area contributed by atoms with E-state index >= 15 is 0 Å². The van der Waals surface area contributed by atoms with E-state index in [1.165, 1.54) is 42.5 Å². The molecule has 2 heterocycles. The first-order valence-electron chi connectivity index (χ1n) is 12.7. The molecule has 1 fully saturated rings. The van der Waals surface area contributed by atoms with Crippen LogP contribution in [0.4, 0.5) is 10.1 Å². The molecule has 0 aliphatic carbocycles. The van der Waals surface area contributed by atoms with Gasteiger partial charge < -0.3 is 4.42 Å². The highest BCUT2D eigenvalue weighted by molar-refractivity contribution is 7.89. The van der Waals surface area contributed by atoms with Crippen molar-refractivity contribution in [1.29, 1.82) is 0 Å². The van der Waals surface area contributed by atoms with E-state index in [2.05, 4.69) is 4.98 Å². The van der Waals surface area contributed by atoms with Gasteiger partial charge in [-0.2, -0.15) is 4.31 Å². The molecule has 1 aliphatic rings. The average Bonchev–Trinajstić information content (AvgIpc) is 3.54. The number of halogens is 3. The van der Waals surface area contributed by atoms with Gasteiger partial charge in [0.05, 0.1) is 17.1 Å². The summed E-state index contributed by atoms with van der Waals surface area (Å²) in [6.45, 7) is -0.320. The van der Waals surface area contributed by atoms with Crippen LogP contribution in [0.1, 0.15) is 12.0 Å². The molecule has 4 aromatic carbocycles. The molecule has 42 heavy (non-hydrogen) atoms. The standard InChI is InChI=1S/C30H20Cl2FN3O5S/c31-20-9-14-23(32)27(15-20)42(39,40)35(17-18-5-10-21(33)11-6-18)25-16-28(37)36(30(25)38)22-12-7-19(8-13-22)29-34-24-3-1-2-4-26(24)41-29/h1-15,25H,16-17H2. The molecule has 0 N–H and O–H groups in total. The summed E-state index contributed by atoms with van der Waals surface area (Å²) >= 11 is 12.3. The number of carbonyl (C=O) groups is 2. The maximum atomic E-state index is 13.9. The summed E-state index contributed by atoms with van der Waals surface area (Å²) in [5, 5.41) is 0.0149. The molecule has 12 heteroatoms. The Labute approximate surface area is 249 Å². The number of anilines is 1. The van der Waals surface area contributed by atoms with Crippen molar-refractivity contribution in [3.05, 3.63) is 112 Å². The van der Waals surface area contributed by atoms with Crippen molar-refractivity contribution in [3.8, 4) is 11.5 Å². The first kappa shape index (κ1) is 28.0. The van der Waals surface area contributed by atoms with Crippen LogP contribution in [0, 0.1) is 5.82 Å². The van der Waals surface area contributed by atoms with Crippen molar-refractivity contribution >= 4 is 61.8 Å². The van der Waals surface area contributed by atoms with Gasteiger partial charge in [-0.25, -0.2) is 22.7 Å². The fraction of sp³-hybridized carbons (Fsp3) is 0.100. The zero-order chi connectivity index (χ0) is 29.6. The molecule has 5 aromatic rings. The van der Waals surface area contributed by atoms with Crippen molar-refractivity contribution in [1.82, 2.24) is 9.29 Å². The molecule has 0 spiro atoms. The SMILES string of the molecule is O=C1CC(N(Cc2ccc(F)cc2)S(=O)(=O)c2cc(Cl)ccc2Cl)C(=O)N1c1ccc(-c2nc3ccccc3o2)cc1. The van der Waals surface area contributed by atoms with Crippen molar-refractivity contribution in [2.24, 2.45) is 0 Å². The van der Waals surface area contributed by atoms with Crippen molar-refractivity contribution < 1.29 is 26.8 Å². The minimum Gasteiger partial charge on any atom is -0.436 e. The molecular weight excluding hydrogens is 604 g/mol. The van der Waals surface area contributed by atoms with E-state index < -0.39 is 40.1 Å². The predicted molar refractivity (Wildman–Crippen MR) is 156 cm³/mol. The molecule has 1 unspecified atom stereocenters. The van der Waals surface area contributed by atoms with E-state index in [1.54, 1.807) is 30.3 Å². The highest BCUT2D eigenvalue weighted by Gasteiger charge is 2.47. The summed E-state index contributed by atoms with van der Waals surface area (Å²) < 4.78 is 48.2. The molecule has 1 atom stereocenters. The highest BCUT2D eigenvalue weighted by Crippen LogP contribution is 2.35. The van der Waals surface area contributed by atoms with Crippen LogP contribution < -0.4 is 4.90 Å². The molecule has 0 radical (unpaired) electrons. The summed E-state index contributed by atoms with van der Waals surface area (Å²) in [6.07, 6.45) is -0.412. The Morgan fingerprint density at radius 1 is 0.952 bits per heavy atom. The monoisotopic (exact) mass is 623 g/mol. The number of aromatic nitrogens is 1. The van der Waals surface area contributed by atoms with Gasteiger partial charge in [0.25, 0.3) is 5.91 Å². The second kappa shape index (κ2) is 11.0. The third-order valence-corrected chi connectivity index (χ3v) is 9.44. The Hall–Kier alpha value is -4.09. The smallest absolute Gasteiger partial charge is 0.252 e. The zero-order valence-corrected chi connectivity index (χ0v) is 23.9. The minimum absolute atomic E-state index is 0.105. The molecule has 212 valence electrons. The van der Waals surface area contributed by atoms with Gasteiger partial charge in [-0.15, -0.1) is 0 Å². The quantitative estimate of drug-likeness (QED) is 0.193. The number of fused-ring (bicyclic) bond motifs is 1. The number of hydrogen-bond acceptors (Lipinski definition) is 6. The van der Waals surface area contributed by atoms with Crippen LogP contribution in [0.2, 0.25) is 10.0 Å². The van der Waals surface area contributed by atoms with E-state index in [1.807, 2.05) is 18.2 Å². The average molecular weight is 624 g/mol. The van der Waals surface area contributed by atoms with Gasteiger partial charge in [-0.3, -0.25) is 9.59 Å². The number of benzene rings is 4. The minimum atomic E-state index is -4.46. The van der Waals surface area contributed by atoms with E-state index in [0.29, 0.717) is 28.1 Å². The number of hydrogen-bond donors (Lipinski definition) is 0. The Bertz CT molecular complexity index is 1910. The summed E-state index contributed by atoms with van der Waals surface area (Å²) in [4.78, 5) is 32.1. The summed E-state index contributed by atoms with van der Waals surface area (Å²) in [5.74, 6) is -1.46. The molecule has 0 bridgehead atoms. The molecular formula is C30H20Cl2FN3O5S.